The first kappa shape index (κ1) is 27.7. The summed E-state index contributed by atoms with van der Waals surface area (Å²) < 4.78 is 4.82. The quantitative estimate of drug-likeness (QED) is 0.189. The van der Waals surface area contributed by atoms with E-state index in [0.29, 0.717) is 5.95 Å². The second-order valence-electron chi connectivity index (χ2n) is 13.8. The van der Waals surface area contributed by atoms with Crippen molar-refractivity contribution in [1.29, 1.82) is 0 Å². The lowest BCUT2D eigenvalue weighted by Crippen LogP contribution is -2.03. The van der Waals surface area contributed by atoms with Crippen LogP contribution >= 0.6 is 0 Å². The lowest BCUT2D eigenvalue weighted by Gasteiger charge is -2.13. The Labute approximate surface area is 297 Å². The van der Waals surface area contributed by atoms with Crippen LogP contribution in [0.15, 0.2) is 170 Å². The van der Waals surface area contributed by atoms with Crippen LogP contribution in [0.1, 0.15) is 0 Å². The van der Waals surface area contributed by atoms with Crippen LogP contribution in [-0.4, -0.2) is 18.9 Å². The predicted octanol–water partition coefficient (Wildman–Crippen LogP) is 12.4. The van der Waals surface area contributed by atoms with E-state index in [-0.39, 0.29) is 0 Å². The topological polar surface area (TPSA) is 35.1 Å². The van der Waals surface area contributed by atoms with Crippen LogP contribution < -0.4 is 0 Å². The van der Waals surface area contributed by atoms with Gasteiger partial charge in [-0.25, -0.2) is 9.97 Å². The SMILES string of the molecule is c1ccc(-c2ccc(-c3nc(-n4c5ccccc5c5cc6c7ccccc7n7c8c9ccccc9ccc8c(c54)c67)nc4ccccc34)cc2)cc1. The number of para-hydroxylation sites is 3. The summed E-state index contributed by atoms with van der Waals surface area (Å²) in [6.07, 6.45) is 0. The van der Waals surface area contributed by atoms with Gasteiger partial charge in [-0.05, 0) is 40.8 Å². The van der Waals surface area contributed by atoms with Crippen LogP contribution in [0.2, 0.25) is 0 Å². The Kier molecular flexibility index (Phi) is 5.47. The average molecular weight is 661 g/mol. The number of fused-ring (bicyclic) bond motifs is 13. The molecule has 0 fully saturated rings. The van der Waals surface area contributed by atoms with E-state index in [1.807, 2.05) is 0 Å². The van der Waals surface area contributed by atoms with Crippen LogP contribution in [-0.2, 0) is 0 Å². The van der Waals surface area contributed by atoms with Crippen LogP contribution in [0.5, 0.6) is 0 Å². The maximum atomic E-state index is 5.48. The van der Waals surface area contributed by atoms with Gasteiger partial charge in [-0.2, -0.15) is 0 Å². The van der Waals surface area contributed by atoms with Gasteiger partial charge in [0.05, 0.1) is 38.8 Å². The van der Waals surface area contributed by atoms with Crippen LogP contribution in [0.25, 0.3) is 110 Å². The molecule has 12 aromatic rings. The number of benzene rings is 8. The average Bonchev–Trinajstić information content (AvgIpc) is 3.85. The molecule has 12 rings (SSSR count). The van der Waals surface area contributed by atoms with E-state index in [1.54, 1.807) is 0 Å². The van der Waals surface area contributed by atoms with Crippen molar-refractivity contribution in [2.75, 3.05) is 0 Å². The van der Waals surface area contributed by atoms with Gasteiger partial charge in [-0.1, -0.05) is 146 Å². The molecule has 0 aliphatic carbocycles. The lowest BCUT2D eigenvalue weighted by molar-refractivity contribution is 1.02. The number of hydrogen-bond donors (Lipinski definition) is 0. The Bertz CT molecular complexity index is 3390. The van der Waals surface area contributed by atoms with Gasteiger partial charge in [-0.3, -0.25) is 4.57 Å². The highest BCUT2D eigenvalue weighted by Crippen LogP contribution is 2.47. The molecule has 240 valence electrons. The first-order valence-corrected chi connectivity index (χ1v) is 17.8. The van der Waals surface area contributed by atoms with Gasteiger partial charge in [0, 0.05) is 48.7 Å². The van der Waals surface area contributed by atoms with Gasteiger partial charge in [0.1, 0.15) is 0 Å². The molecule has 0 bridgehead atoms. The summed E-state index contributed by atoms with van der Waals surface area (Å²) in [4.78, 5) is 10.8. The Morgan fingerprint density at radius 2 is 0.981 bits per heavy atom. The second kappa shape index (κ2) is 10.3. The van der Waals surface area contributed by atoms with E-state index in [1.165, 1.54) is 70.8 Å². The maximum Gasteiger partial charge on any atom is 0.235 e. The Morgan fingerprint density at radius 3 is 1.81 bits per heavy atom. The summed E-state index contributed by atoms with van der Waals surface area (Å²) in [7, 11) is 0. The minimum Gasteiger partial charge on any atom is -0.307 e. The Balaban J connectivity index is 1.24. The third-order valence-corrected chi connectivity index (χ3v) is 11.0. The minimum atomic E-state index is 0.666. The van der Waals surface area contributed by atoms with Crippen LogP contribution in [0.3, 0.4) is 0 Å². The summed E-state index contributed by atoms with van der Waals surface area (Å²) in [6.45, 7) is 0. The van der Waals surface area contributed by atoms with Crippen molar-refractivity contribution in [3.05, 3.63) is 170 Å². The van der Waals surface area contributed by atoms with Crippen LogP contribution in [0.4, 0.5) is 0 Å². The van der Waals surface area contributed by atoms with Gasteiger partial charge in [-0.15, -0.1) is 0 Å². The maximum absolute atomic E-state index is 5.48. The third kappa shape index (κ3) is 3.65. The molecule has 0 amide bonds. The fourth-order valence-electron chi connectivity index (χ4n) is 8.80. The van der Waals surface area contributed by atoms with Crippen molar-refractivity contribution >= 4 is 81.6 Å². The van der Waals surface area contributed by atoms with E-state index < -0.39 is 0 Å². The second-order valence-corrected chi connectivity index (χ2v) is 13.8. The van der Waals surface area contributed by atoms with E-state index in [0.717, 1.165) is 33.2 Å². The standard InChI is InChI=1S/C48H28N4/c1-2-12-29(13-3-1)30-22-24-32(25-23-30)44-36-18-6-9-19-40(36)49-48(50-44)52-42-21-11-8-17-35(42)39-28-38-34-16-7-10-20-41(34)51-45-33-15-5-4-14-31(33)26-27-37(45)43(46(38)51)47(39)52/h1-28H. The molecular formula is C48H28N4. The zero-order valence-electron chi connectivity index (χ0n) is 28.0. The molecule has 4 aromatic heterocycles. The first-order valence-electron chi connectivity index (χ1n) is 17.8. The summed E-state index contributed by atoms with van der Waals surface area (Å²) >= 11 is 0. The van der Waals surface area contributed by atoms with E-state index in [4.69, 9.17) is 9.97 Å². The highest BCUT2D eigenvalue weighted by Gasteiger charge is 2.26. The summed E-state index contributed by atoms with van der Waals surface area (Å²) in [5, 5.41) is 10.9. The first-order chi connectivity index (χ1) is 25.8. The predicted molar refractivity (Wildman–Crippen MR) is 217 cm³/mol. The number of hydrogen-bond acceptors (Lipinski definition) is 2. The zero-order valence-corrected chi connectivity index (χ0v) is 28.0. The molecule has 4 heteroatoms. The van der Waals surface area contributed by atoms with E-state index >= 15 is 0 Å². The van der Waals surface area contributed by atoms with Crippen molar-refractivity contribution < 1.29 is 0 Å². The van der Waals surface area contributed by atoms with Gasteiger partial charge in [0.15, 0.2) is 0 Å². The zero-order chi connectivity index (χ0) is 33.9. The number of aromatic nitrogens is 4. The molecule has 52 heavy (non-hydrogen) atoms. The molecule has 8 aromatic carbocycles. The largest absolute Gasteiger partial charge is 0.307 e. The molecule has 0 atom stereocenters. The molecule has 0 saturated carbocycles. The van der Waals surface area contributed by atoms with Crippen molar-refractivity contribution in [3.63, 3.8) is 0 Å². The molecule has 0 saturated heterocycles. The highest BCUT2D eigenvalue weighted by molar-refractivity contribution is 6.36. The Hall–Kier alpha value is -7.04. The molecule has 0 N–H and O–H groups in total. The molecule has 4 nitrogen and oxygen atoms in total. The molecule has 4 heterocycles. The number of nitrogens with zero attached hydrogens (tertiary/aromatic N) is 4. The third-order valence-electron chi connectivity index (χ3n) is 11.0. The van der Waals surface area contributed by atoms with Crippen LogP contribution in [0, 0.1) is 0 Å². The Morgan fingerprint density at radius 1 is 0.365 bits per heavy atom. The van der Waals surface area contributed by atoms with Crippen molar-refractivity contribution in [2.45, 2.75) is 0 Å². The van der Waals surface area contributed by atoms with Gasteiger partial charge in [0.25, 0.3) is 0 Å². The smallest absolute Gasteiger partial charge is 0.235 e. The van der Waals surface area contributed by atoms with Gasteiger partial charge in [0.2, 0.25) is 5.95 Å². The highest BCUT2D eigenvalue weighted by atomic mass is 15.2. The summed E-state index contributed by atoms with van der Waals surface area (Å²) in [6, 6.07) is 60.9. The molecular weight excluding hydrogens is 633 g/mol. The van der Waals surface area contributed by atoms with Gasteiger partial charge >= 0.3 is 0 Å². The summed E-state index contributed by atoms with van der Waals surface area (Å²) in [5.41, 5.74) is 11.2. The molecule has 0 radical (unpaired) electrons. The lowest BCUT2D eigenvalue weighted by atomic mass is 10.0. The molecule has 0 unspecified atom stereocenters. The van der Waals surface area contributed by atoms with E-state index in [9.17, 15) is 0 Å². The van der Waals surface area contributed by atoms with Crippen molar-refractivity contribution in [2.24, 2.45) is 0 Å². The normalized spacial score (nSPS) is 12.2. The van der Waals surface area contributed by atoms with Crippen molar-refractivity contribution in [1.82, 2.24) is 18.9 Å². The monoisotopic (exact) mass is 660 g/mol. The molecule has 0 aliphatic rings. The molecule has 0 aliphatic heterocycles. The number of rotatable bonds is 3. The fourth-order valence-corrected chi connectivity index (χ4v) is 8.80. The fraction of sp³-hybridized carbons (Fsp3) is 0. The summed E-state index contributed by atoms with van der Waals surface area (Å²) in [5.74, 6) is 0.666. The van der Waals surface area contributed by atoms with Gasteiger partial charge < -0.3 is 4.40 Å². The molecule has 0 spiro atoms. The van der Waals surface area contributed by atoms with E-state index in [2.05, 4.69) is 179 Å². The minimum absolute atomic E-state index is 0.666. The van der Waals surface area contributed by atoms with Crippen molar-refractivity contribution in [3.8, 4) is 28.3 Å².